The molecule has 0 saturated heterocycles. The van der Waals surface area contributed by atoms with Gasteiger partial charge in [0.15, 0.2) is 5.82 Å². The molecule has 0 saturated carbocycles. The lowest BCUT2D eigenvalue weighted by molar-refractivity contribution is -0.140. The summed E-state index contributed by atoms with van der Waals surface area (Å²) in [4.78, 5) is 12.5. The van der Waals surface area contributed by atoms with Crippen LogP contribution in [0.25, 0.3) is 17.1 Å². The Kier molecular flexibility index (Phi) is 4.97. The van der Waals surface area contributed by atoms with Crippen molar-refractivity contribution in [2.75, 3.05) is 7.11 Å². The molecule has 2 aromatic heterocycles. The molecule has 2 heterocycles. The molecule has 0 radical (unpaired) electrons. The lowest BCUT2D eigenvalue weighted by Gasteiger charge is -2.03. The van der Waals surface area contributed by atoms with Crippen LogP contribution in [0.1, 0.15) is 17.7 Å². The number of hydrogen-bond donors (Lipinski definition) is 2. The largest absolute Gasteiger partial charge is 0.469 e. The van der Waals surface area contributed by atoms with Gasteiger partial charge < -0.3 is 10.5 Å². The maximum Gasteiger partial charge on any atom is 0.305 e. The van der Waals surface area contributed by atoms with Gasteiger partial charge in [0.05, 0.1) is 31.1 Å². The van der Waals surface area contributed by atoms with Gasteiger partial charge in [0.1, 0.15) is 5.84 Å². The highest BCUT2D eigenvalue weighted by molar-refractivity contribution is 5.95. The van der Waals surface area contributed by atoms with Gasteiger partial charge in [-0.15, -0.1) is 15.0 Å². The van der Waals surface area contributed by atoms with Crippen LogP contribution in [0.2, 0.25) is 0 Å². The van der Waals surface area contributed by atoms with E-state index < -0.39 is 0 Å². The molecule has 0 atom stereocenters. The highest BCUT2D eigenvalue weighted by Crippen LogP contribution is 2.17. The number of aryl methyl sites for hydroxylation is 1. The molecular formula is C17H17N7O2. The van der Waals surface area contributed by atoms with Crippen LogP contribution in [0, 0.1) is 5.41 Å². The molecule has 0 unspecified atom stereocenters. The van der Waals surface area contributed by atoms with Crippen molar-refractivity contribution in [3.63, 3.8) is 0 Å². The summed E-state index contributed by atoms with van der Waals surface area (Å²) in [5.74, 6) is 0.198. The molecule has 132 valence electrons. The summed E-state index contributed by atoms with van der Waals surface area (Å²) in [5.41, 5.74) is 8.31. The molecular weight excluding hydrogens is 334 g/mol. The van der Waals surface area contributed by atoms with E-state index in [9.17, 15) is 4.79 Å². The first-order chi connectivity index (χ1) is 12.6. The van der Waals surface area contributed by atoms with Crippen LogP contribution in [-0.2, 0) is 16.0 Å². The number of rotatable bonds is 6. The fourth-order valence-corrected chi connectivity index (χ4v) is 2.26. The van der Waals surface area contributed by atoms with Crippen molar-refractivity contribution in [2.45, 2.75) is 12.8 Å². The first-order valence-electron chi connectivity index (χ1n) is 7.84. The lowest BCUT2D eigenvalue weighted by Crippen LogP contribution is -2.10. The summed E-state index contributed by atoms with van der Waals surface area (Å²) >= 11 is 0. The first kappa shape index (κ1) is 17.2. The molecule has 0 aliphatic rings. The minimum atomic E-state index is -0.292. The van der Waals surface area contributed by atoms with Gasteiger partial charge in [0.2, 0.25) is 0 Å². The zero-order valence-corrected chi connectivity index (χ0v) is 14.1. The SMILES string of the molecule is COC(=O)CCc1cnn(-c2ccc(-c3ccc(C(=N)N)cc3)nn2)n1. The zero-order valence-electron chi connectivity index (χ0n) is 14.1. The predicted octanol–water partition coefficient (Wildman–Crippen LogP) is 1.11. The van der Waals surface area contributed by atoms with Gasteiger partial charge in [0.25, 0.3) is 0 Å². The predicted molar refractivity (Wildman–Crippen MR) is 93.7 cm³/mol. The van der Waals surface area contributed by atoms with Crippen LogP contribution in [0.15, 0.2) is 42.6 Å². The lowest BCUT2D eigenvalue weighted by atomic mass is 10.1. The highest BCUT2D eigenvalue weighted by atomic mass is 16.5. The van der Waals surface area contributed by atoms with Gasteiger partial charge in [-0.2, -0.15) is 10.2 Å². The normalized spacial score (nSPS) is 10.5. The molecule has 9 nitrogen and oxygen atoms in total. The number of nitrogens with two attached hydrogens (primary N) is 1. The van der Waals surface area contributed by atoms with Crippen molar-refractivity contribution < 1.29 is 9.53 Å². The summed E-state index contributed by atoms with van der Waals surface area (Å²) in [5, 5.41) is 24.1. The molecule has 3 aromatic rings. The van der Waals surface area contributed by atoms with Gasteiger partial charge in [-0.25, -0.2) is 0 Å². The average molecular weight is 351 g/mol. The van der Waals surface area contributed by atoms with E-state index in [-0.39, 0.29) is 18.2 Å². The molecule has 0 aliphatic carbocycles. The van der Waals surface area contributed by atoms with E-state index in [0.29, 0.717) is 29.2 Å². The number of nitrogens with zero attached hydrogens (tertiary/aromatic N) is 5. The second-order valence-corrected chi connectivity index (χ2v) is 5.47. The minimum Gasteiger partial charge on any atom is -0.469 e. The Morgan fingerprint density at radius 2 is 1.96 bits per heavy atom. The maximum atomic E-state index is 11.2. The van der Waals surface area contributed by atoms with E-state index in [1.807, 2.05) is 18.2 Å². The van der Waals surface area contributed by atoms with Gasteiger partial charge >= 0.3 is 5.97 Å². The fourth-order valence-electron chi connectivity index (χ4n) is 2.26. The van der Waals surface area contributed by atoms with Crippen LogP contribution >= 0.6 is 0 Å². The highest BCUT2D eigenvalue weighted by Gasteiger charge is 2.08. The Morgan fingerprint density at radius 3 is 2.58 bits per heavy atom. The smallest absolute Gasteiger partial charge is 0.305 e. The molecule has 1 aromatic carbocycles. The van der Waals surface area contributed by atoms with Crippen LogP contribution < -0.4 is 5.73 Å². The van der Waals surface area contributed by atoms with E-state index in [1.54, 1.807) is 24.4 Å². The topological polar surface area (TPSA) is 133 Å². The van der Waals surface area contributed by atoms with Crippen molar-refractivity contribution in [1.29, 1.82) is 5.41 Å². The van der Waals surface area contributed by atoms with Crippen LogP contribution in [0.4, 0.5) is 0 Å². The quantitative estimate of drug-likeness (QED) is 0.386. The van der Waals surface area contributed by atoms with E-state index >= 15 is 0 Å². The second kappa shape index (κ2) is 7.51. The van der Waals surface area contributed by atoms with Crippen molar-refractivity contribution in [3.8, 4) is 17.1 Å². The summed E-state index contributed by atoms with van der Waals surface area (Å²) in [6, 6.07) is 10.7. The minimum absolute atomic E-state index is 0.0192. The van der Waals surface area contributed by atoms with Crippen molar-refractivity contribution in [3.05, 3.63) is 53.9 Å². The van der Waals surface area contributed by atoms with Crippen LogP contribution in [0.5, 0.6) is 0 Å². The van der Waals surface area contributed by atoms with Crippen LogP contribution in [0.3, 0.4) is 0 Å². The van der Waals surface area contributed by atoms with E-state index in [1.165, 1.54) is 11.9 Å². The van der Waals surface area contributed by atoms with E-state index in [0.717, 1.165) is 5.56 Å². The number of nitrogens with one attached hydrogen (secondary N) is 1. The molecule has 0 spiro atoms. The third kappa shape index (κ3) is 3.89. The number of ether oxygens (including phenoxy) is 1. The molecule has 0 bridgehead atoms. The summed E-state index contributed by atoms with van der Waals surface area (Å²) in [6.07, 6.45) is 2.27. The van der Waals surface area contributed by atoms with Crippen molar-refractivity contribution >= 4 is 11.8 Å². The zero-order chi connectivity index (χ0) is 18.5. The number of benzene rings is 1. The number of esters is 1. The molecule has 0 fully saturated rings. The Balaban J connectivity index is 1.72. The number of carbonyl (C=O) groups is 1. The number of aromatic nitrogens is 5. The molecule has 9 heteroatoms. The van der Waals surface area contributed by atoms with Gasteiger partial charge in [-0.05, 0) is 12.1 Å². The maximum absolute atomic E-state index is 11.2. The Labute approximate surface area is 149 Å². The number of hydrogen-bond acceptors (Lipinski definition) is 7. The van der Waals surface area contributed by atoms with Crippen molar-refractivity contribution in [1.82, 2.24) is 25.2 Å². The van der Waals surface area contributed by atoms with Gasteiger partial charge in [-0.3, -0.25) is 10.2 Å². The Bertz CT molecular complexity index is 917. The summed E-state index contributed by atoms with van der Waals surface area (Å²) in [6.45, 7) is 0. The third-order valence-corrected chi connectivity index (χ3v) is 3.70. The number of amidine groups is 1. The first-order valence-corrected chi connectivity index (χ1v) is 7.84. The van der Waals surface area contributed by atoms with E-state index in [2.05, 4.69) is 25.1 Å². The third-order valence-electron chi connectivity index (χ3n) is 3.70. The van der Waals surface area contributed by atoms with Gasteiger partial charge in [0, 0.05) is 17.5 Å². The Hall–Kier alpha value is -3.62. The van der Waals surface area contributed by atoms with E-state index in [4.69, 9.17) is 11.1 Å². The number of methoxy groups -OCH3 is 1. The van der Waals surface area contributed by atoms with Crippen molar-refractivity contribution in [2.24, 2.45) is 5.73 Å². The average Bonchev–Trinajstić information content (AvgIpc) is 3.15. The summed E-state index contributed by atoms with van der Waals surface area (Å²) in [7, 11) is 1.35. The summed E-state index contributed by atoms with van der Waals surface area (Å²) < 4.78 is 4.60. The fraction of sp³-hybridized carbons (Fsp3) is 0.176. The molecule has 0 aliphatic heterocycles. The van der Waals surface area contributed by atoms with Crippen LogP contribution in [-0.4, -0.2) is 44.1 Å². The number of carbonyl (C=O) groups excluding carboxylic acids is 1. The number of nitrogen functional groups attached to an aromatic ring is 1. The monoisotopic (exact) mass is 351 g/mol. The standard InChI is InChI=1S/C17H17N7O2/c1-26-16(25)9-6-13-10-20-24(23-13)15-8-7-14(21-22-15)11-2-4-12(5-3-11)17(18)19/h2-5,7-8,10H,6,9H2,1H3,(H3,18,19). The van der Waals surface area contributed by atoms with Gasteiger partial charge in [-0.1, -0.05) is 24.3 Å². The molecule has 3 rings (SSSR count). The Morgan fingerprint density at radius 1 is 1.19 bits per heavy atom. The molecule has 26 heavy (non-hydrogen) atoms. The second-order valence-electron chi connectivity index (χ2n) is 5.47. The molecule has 3 N–H and O–H groups in total. The molecule has 0 amide bonds.